The normalized spacial score (nSPS) is 22.4. The van der Waals surface area contributed by atoms with Gasteiger partial charge in [0.25, 0.3) is 0 Å². The Morgan fingerprint density at radius 2 is 2.10 bits per heavy atom. The third-order valence-corrected chi connectivity index (χ3v) is 3.87. The summed E-state index contributed by atoms with van der Waals surface area (Å²) in [5.41, 5.74) is 0.0118. The van der Waals surface area contributed by atoms with Crippen LogP contribution in [-0.4, -0.2) is 36.2 Å². The van der Waals surface area contributed by atoms with E-state index in [0.29, 0.717) is 12.3 Å². The van der Waals surface area contributed by atoms with Crippen LogP contribution >= 0.6 is 0 Å². The highest BCUT2D eigenvalue weighted by molar-refractivity contribution is 6.23. The predicted molar refractivity (Wildman–Crippen MR) is 81.4 cm³/mol. The predicted octanol–water partition coefficient (Wildman–Crippen LogP) is 2.85. The number of methoxy groups -OCH3 is 1. The van der Waals surface area contributed by atoms with Crippen LogP contribution in [0.1, 0.15) is 47.0 Å². The van der Waals surface area contributed by atoms with Crippen LogP contribution in [0.15, 0.2) is 16.3 Å². The lowest BCUT2D eigenvalue weighted by Gasteiger charge is -2.36. The molecule has 0 spiro atoms. The number of ketones is 1. The summed E-state index contributed by atoms with van der Waals surface area (Å²) in [6.45, 7) is 7.93. The molecule has 0 bridgehead atoms. The molecule has 1 aliphatic rings. The minimum Gasteiger partial charge on any atom is -0.511 e. The number of aliphatic hydroxyl groups excluding tert-OH is 1. The molecule has 1 rings (SSSR count). The van der Waals surface area contributed by atoms with Crippen molar-refractivity contribution < 1.29 is 19.4 Å². The van der Waals surface area contributed by atoms with Gasteiger partial charge >= 0.3 is 5.97 Å². The van der Waals surface area contributed by atoms with Gasteiger partial charge in [0, 0.05) is 18.7 Å². The van der Waals surface area contributed by atoms with Crippen LogP contribution in [-0.2, 0) is 14.3 Å². The molecule has 0 aromatic rings. The Morgan fingerprint density at radius 1 is 1.48 bits per heavy atom. The Bertz CT molecular complexity index is 489. The summed E-state index contributed by atoms with van der Waals surface area (Å²) in [6, 6.07) is 0. The first kappa shape index (κ1) is 17.4. The average molecular weight is 295 g/mol. The average Bonchev–Trinajstić information content (AvgIpc) is 2.36. The van der Waals surface area contributed by atoms with Crippen LogP contribution in [0.3, 0.4) is 0 Å². The molecule has 0 saturated heterocycles. The summed E-state index contributed by atoms with van der Waals surface area (Å²) >= 11 is 0. The Kier molecular flexibility index (Phi) is 5.70. The standard InChI is InChI=1S/C16H25NO4/c1-6-7-8-17-10(2)12-11(18)9-16(3,4)13(14(12)19)15(20)21-5/h13,19H,6-9H2,1-5H3/t13-/m0/s1. The van der Waals surface area contributed by atoms with E-state index in [1.165, 1.54) is 7.11 Å². The Hall–Kier alpha value is -1.65. The number of carbonyl (C=O) groups is 2. The number of hydrogen-bond acceptors (Lipinski definition) is 5. The number of ether oxygens (including phenoxy) is 1. The van der Waals surface area contributed by atoms with Gasteiger partial charge in [0.05, 0.1) is 12.7 Å². The first-order chi connectivity index (χ1) is 9.76. The maximum absolute atomic E-state index is 12.3. The number of nitrogens with zero attached hydrogens (tertiary/aromatic N) is 1. The highest BCUT2D eigenvalue weighted by Gasteiger charge is 2.47. The topological polar surface area (TPSA) is 76.0 Å². The number of allylic oxidation sites excluding steroid dienone is 1. The summed E-state index contributed by atoms with van der Waals surface area (Å²) in [4.78, 5) is 28.6. The van der Waals surface area contributed by atoms with E-state index >= 15 is 0 Å². The van der Waals surface area contributed by atoms with E-state index in [1.54, 1.807) is 20.8 Å². The smallest absolute Gasteiger partial charge is 0.316 e. The number of esters is 1. The van der Waals surface area contributed by atoms with Crippen molar-refractivity contribution in [3.8, 4) is 0 Å². The Labute approximate surface area is 126 Å². The lowest BCUT2D eigenvalue weighted by molar-refractivity contribution is -0.150. The molecule has 1 N–H and O–H groups in total. The Balaban J connectivity index is 3.24. The van der Waals surface area contributed by atoms with Crippen LogP contribution in [0.25, 0.3) is 0 Å². The highest BCUT2D eigenvalue weighted by Crippen LogP contribution is 2.42. The fourth-order valence-corrected chi connectivity index (χ4v) is 2.68. The zero-order valence-electron chi connectivity index (χ0n) is 13.5. The van der Waals surface area contributed by atoms with E-state index < -0.39 is 17.3 Å². The first-order valence-corrected chi connectivity index (χ1v) is 7.31. The van der Waals surface area contributed by atoms with Gasteiger partial charge in [-0.05, 0) is 18.8 Å². The van der Waals surface area contributed by atoms with Crippen molar-refractivity contribution in [3.63, 3.8) is 0 Å². The molecule has 21 heavy (non-hydrogen) atoms. The SMILES string of the molecule is CCCCN=C(C)C1=C(O)[C@@H](C(=O)OC)C(C)(C)CC1=O. The molecule has 0 heterocycles. The minimum atomic E-state index is -0.827. The van der Waals surface area contributed by atoms with Gasteiger partial charge in [-0.25, -0.2) is 0 Å². The summed E-state index contributed by atoms with van der Waals surface area (Å²) in [5.74, 6) is -1.73. The van der Waals surface area contributed by atoms with E-state index in [9.17, 15) is 14.7 Å². The van der Waals surface area contributed by atoms with Crippen molar-refractivity contribution in [2.45, 2.75) is 47.0 Å². The molecule has 0 radical (unpaired) electrons. The van der Waals surface area contributed by atoms with Crippen LogP contribution in [0.5, 0.6) is 0 Å². The minimum absolute atomic E-state index is 0.171. The number of unbranched alkanes of at least 4 members (excludes halogenated alkanes) is 1. The maximum Gasteiger partial charge on any atom is 0.316 e. The molecule has 118 valence electrons. The molecule has 0 fully saturated rings. The van der Waals surface area contributed by atoms with E-state index in [0.717, 1.165) is 12.8 Å². The molecule has 0 aliphatic heterocycles. The van der Waals surface area contributed by atoms with Crippen LogP contribution in [0, 0.1) is 11.3 Å². The molecular weight excluding hydrogens is 270 g/mol. The van der Waals surface area contributed by atoms with Gasteiger partial charge in [-0.15, -0.1) is 0 Å². The van der Waals surface area contributed by atoms with Crippen molar-refractivity contribution in [1.82, 2.24) is 0 Å². The van der Waals surface area contributed by atoms with Gasteiger partial charge in [0.1, 0.15) is 11.7 Å². The molecule has 1 atom stereocenters. The lowest BCUT2D eigenvalue weighted by atomic mass is 9.68. The number of carbonyl (C=O) groups excluding carboxylic acids is 2. The molecule has 0 saturated carbocycles. The van der Waals surface area contributed by atoms with Crippen LogP contribution in [0.4, 0.5) is 0 Å². The third kappa shape index (κ3) is 3.71. The molecule has 1 aliphatic carbocycles. The summed E-state index contributed by atoms with van der Waals surface area (Å²) < 4.78 is 4.77. The number of aliphatic imine (C=N–C) groups is 1. The quantitative estimate of drug-likeness (QED) is 0.481. The zero-order valence-corrected chi connectivity index (χ0v) is 13.5. The number of hydrogen-bond donors (Lipinski definition) is 1. The third-order valence-electron chi connectivity index (χ3n) is 3.87. The van der Waals surface area contributed by atoms with Crippen molar-refractivity contribution >= 4 is 17.5 Å². The molecule has 5 nitrogen and oxygen atoms in total. The van der Waals surface area contributed by atoms with Gasteiger partial charge in [-0.3, -0.25) is 14.6 Å². The number of rotatable bonds is 5. The maximum atomic E-state index is 12.3. The van der Waals surface area contributed by atoms with Crippen LogP contribution in [0.2, 0.25) is 0 Å². The van der Waals surface area contributed by atoms with Crippen molar-refractivity contribution in [1.29, 1.82) is 0 Å². The second-order valence-corrected chi connectivity index (χ2v) is 6.13. The van der Waals surface area contributed by atoms with Crippen LogP contribution < -0.4 is 0 Å². The highest BCUT2D eigenvalue weighted by atomic mass is 16.5. The molecule has 0 aromatic heterocycles. The monoisotopic (exact) mass is 295 g/mol. The first-order valence-electron chi connectivity index (χ1n) is 7.31. The van der Waals surface area contributed by atoms with E-state index in [4.69, 9.17) is 4.74 Å². The molecular formula is C16H25NO4. The van der Waals surface area contributed by atoms with Gasteiger partial charge in [0.2, 0.25) is 0 Å². The van der Waals surface area contributed by atoms with Gasteiger partial charge in [-0.1, -0.05) is 27.2 Å². The van der Waals surface area contributed by atoms with Crippen molar-refractivity contribution in [2.24, 2.45) is 16.3 Å². The molecule has 0 amide bonds. The summed E-state index contributed by atoms with van der Waals surface area (Å²) in [7, 11) is 1.28. The lowest BCUT2D eigenvalue weighted by Crippen LogP contribution is -2.41. The Morgan fingerprint density at radius 3 is 2.62 bits per heavy atom. The molecule has 0 unspecified atom stereocenters. The zero-order chi connectivity index (χ0) is 16.2. The summed E-state index contributed by atoms with van der Waals surface area (Å²) in [5, 5.41) is 10.4. The van der Waals surface area contributed by atoms with E-state index in [-0.39, 0.29) is 23.5 Å². The number of Topliss-reactive ketones (excluding diaryl/α,β-unsaturated/α-hetero) is 1. The van der Waals surface area contributed by atoms with Gasteiger partial charge in [-0.2, -0.15) is 0 Å². The second kappa shape index (κ2) is 6.87. The van der Waals surface area contributed by atoms with E-state index in [1.807, 2.05) is 0 Å². The van der Waals surface area contributed by atoms with Gasteiger partial charge in [0.15, 0.2) is 5.78 Å². The molecule has 0 aromatic carbocycles. The van der Waals surface area contributed by atoms with E-state index in [2.05, 4.69) is 11.9 Å². The second-order valence-electron chi connectivity index (χ2n) is 6.13. The van der Waals surface area contributed by atoms with Gasteiger partial charge < -0.3 is 9.84 Å². The number of aliphatic hydroxyl groups is 1. The van der Waals surface area contributed by atoms with Crippen molar-refractivity contribution in [3.05, 3.63) is 11.3 Å². The van der Waals surface area contributed by atoms with Crippen molar-refractivity contribution in [2.75, 3.05) is 13.7 Å². The summed E-state index contributed by atoms with van der Waals surface area (Å²) in [6.07, 6.45) is 2.12. The fraction of sp³-hybridized carbons (Fsp3) is 0.688. The molecule has 5 heteroatoms. The largest absolute Gasteiger partial charge is 0.511 e. The fourth-order valence-electron chi connectivity index (χ4n) is 2.68.